The average molecular weight is 286 g/mol. The predicted octanol–water partition coefficient (Wildman–Crippen LogP) is 1.89. The molecule has 0 saturated carbocycles. The monoisotopic (exact) mass is 286 g/mol. The van der Waals surface area contributed by atoms with Crippen LogP contribution < -0.4 is 16.0 Å². The molecule has 0 heterocycles. The lowest BCUT2D eigenvalue weighted by Gasteiger charge is -2.08. The Bertz CT molecular complexity index is 573. The number of nitrogens with two attached hydrogens (primary N) is 1. The van der Waals surface area contributed by atoms with Gasteiger partial charge >= 0.3 is 0 Å². The molecule has 0 unspecified atom stereocenters. The number of para-hydroxylation sites is 1. The van der Waals surface area contributed by atoms with E-state index in [0.29, 0.717) is 25.4 Å². The van der Waals surface area contributed by atoms with Crippen molar-refractivity contribution in [1.29, 1.82) is 0 Å². The van der Waals surface area contributed by atoms with Gasteiger partial charge in [0.15, 0.2) is 0 Å². The highest BCUT2D eigenvalue weighted by molar-refractivity contribution is 5.93. The smallest absolute Gasteiger partial charge is 0.265 e. The Morgan fingerprint density at radius 3 is 2.62 bits per heavy atom. The van der Waals surface area contributed by atoms with E-state index < -0.39 is 0 Å². The summed E-state index contributed by atoms with van der Waals surface area (Å²) in [7, 11) is 0. The molecule has 5 nitrogen and oxygen atoms in total. The summed E-state index contributed by atoms with van der Waals surface area (Å²) >= 11 is 0. The van der Waals surface area contributed by atoms with Crippen molar-refractivity contribution in [3.8, 4) is 5.75 Å². The number of ether oxygens (including phenoxy) is 2. The van der Waals surface area contributed by atoms with Crippen LogP contribution in [0.3, 0.4) is 0 Å². The van der Waals surface area contributed by atoms with Crippen molar-refractivity contribution in [3.05, 3.63) is 65.7 Å². The van der Waals surface area contributed by atoms with Crippen molar-refractivity contribution < 1.29 is 14.3 Å². The van der Waals surface area contributed by atoms with Crippen LogP contribution in [0, 0.1) is 0 Å². The van der Waals surface area contributed by atoms with E-state index in [1.165, 1.54) is 0 Å². The van der Waals surface area contributed by atoms with Gasteiger partial charge in [-0.25, -0.2) is 5.84 Å². The second kappa shape index (κ2) is 8.04. The van der Waals surface area contributed by atoms with Gasteiger partial charge in [0.25, 0.3) is 5.91 Å². The lowest BCUT2D eigenvalue weighted by molar-refractivity contribution is 0.0886. The van der Waals surface area contributed by atoms with Crippen LogP contribution in [-0.2, 0) is 11.3 Å². The molecule has 0 fully saturated rings. The lowest BCUT2D eigenvalue weighted by atomic mass is 10.1. The normalized spacial score (nSPS) is 10.1. The van der Waals surface area contributed by atoms with Crippen molar-refractivity contribution in [2.45, 2.75) is 6.61 Å². The van der Waals surface area contributed by atoms with Gasteiger partial charge in [0.05, 0.1) is 13.2 Å². The summed E-state index contributed by atoms with van der Waals surface area (Å²) in [6.45, 7) is 1.37. The van der Waals surface area contributed by atoms with E-state index in [1.807, 2.05) is 36.4 Å². The molecule has 0 spiro atoms. The molecule has 0 radical (unpaired) electrons. The highest BCUT2D eigenvalue weighted by Gasteiger charge is 2.03. The molecule has 0 aliphatic rings. The van der Waals surface area contributed by atoms with Gasteiger partial charge in [-0.1, -0.05) is 30.3 Å². The number of amides is 1. The molecule has 0 atom stereocenters. The SMILES string of the molecule is NNC(=O)c1cccc(COCCOc2ccccc2)c1. The van der Waals surface area contributed by atoms with E-state index in [9.17, 15) is 4.79 Å². The van der Waals surface area contributed by atoms with Gasteiger partial charge in [-0.3, -0.25) is 10.2 Å². The van der Waals surface area contributed by atoms with Crippen LogP contribution in [0.15, 0.2) is 54.6 Å². The summed E-state index contributed by atoms with van der Waals surface area (Å²) in [5, 5.41) is 0. The highest BCUT2D eigenvalue weighted by atomic mass is 16.5. The summed E-state index contributed by atoms with van der Waals surface area (Å²) < 4.78 is 11.0. The molecule has 21 heavy (non-hydrogen) atoms. The van der Waals surface area contributed by atoms with Gasteiger partial charge in [-0.2, -0.15) is 0 Å². The largest absolute Gasteiger partial charge is 0.491 e. The van der Waals surface area contributed by atoms with Crippen LogP contribution >= 0.6 is 0 Å². The molecule has 1 amide bonds. The van der Waals surface area contributed by atoms with Crippen molar-refractivity contribution in [2.75, 3.05) is 13.2 Å². The van der Waals surface area contributed by atoms with Gasteiger partial charge in [-0.15, -0.1) is 0 Å². The fourth-order valence-corrected chi connectivity index (χ4v) is 1.81. The van der Waals surface area contributed by atoms with E-state index in [-0.39, 0.29) is 5.91 Å². The lowest BCUT2D eigenvalue weighted by Crippen LogP contribution is -2.30. The summed E-state index contributed by atoms with van der Waals surface area (Å²) in [6.07, 6.45) is 0. The molecule has 0 bridgehead atoms. The third-order valence-electron chi connectivity index (χ3n) is 2.83. The number of carbonyl (C=O) groups excluding carboxylic acids is 1. The van der Waals surface area contributed by atoms with Crippen LogP contribution in [0.25, 0.3) is 0 Å². The number of nitrogens with one attached hydrogen (secondary N) is 1. The second-order valence-electron chi connectivity index (χ2n) is 4.39. The van der Waals surface area contributed by atoms with E-state index in [2.05, 4.69) is 5.43 Å². The third-order valence-corrected chi connectivity index (χ3v) is 2.83. The first-order chi connectivity index (χ1) is 10.3. The Labute approximate surface area is 123 Å². The van der Waals surface area contributed by atoms with Crippen molar-refractivity contribution >= 4 is 5.91 Å². The van der Waals surface area contributed by atoms with Crippen LogP contribution in [0.1, 0.15) is 15.9 Å². The fraction of sp³-hybridized carbons (Fsp3) is 0.188. The van der Waals surface area contributed by atoms with Gasteiger partial charge in [0.2, 0.25) is 0 Å². The Morgan fingerprint density at radius 2 is 1.86 bits per heavy atom. The maximum Gasteiger partial charge on any atom is 0.265 e. The quantitative estimate of drug-likeness (QED) is 0.353. The van der Waals surface area contributed by atoms with Crippen LogP contribution in [-0.4, -0.2) is 19.1 Å². The van der Waals surface area contributed by atoms with Crippen LogP contribution in [0.5, 0.6) is 5.75 Å². The minimum absolute atomic E-state index is 0.315. The first kappa shape index (κ1) is 15.0. The number of benzene rings is 2. The minimum Gasteiger partial charge on any atom is -0.491 e. The maximum absolute atomic E-state index is 11.4. The standard InChI is InChI=1S/C16H18N2O3/c17-18-16(19)14-6-4-5-13(11-14)12-20-9-10-21-15-7-2-1-3-8-15/h1-8,11H,9-10,12,17H2,(H,18,19). The highest BCUT2D eigenvalue weighted by Crippen LogP contribution is 2.09. The molecule has 110 valence electrons. The van der Waals surface area contributed by atoms with Crippen molar-refractivity contribution in [1.82, 2.24) is 5.43 Å². The number of hydrazine groups is 1. The minimum atomic E-state index is -0.315. The van der Waals surface area contributed by atoms with Gasteiger partial charge in [-0.05, 0) is 29.8 Å². The fourth-order valence-electron chi connectivity index (χ4n) is 1.81. The predicted molar refractivity (Wildman–Crippen MR) is 79.7 cm³/mol. The molecular weight excluding hydrogens is 268 g/mol. The van der Waals surface area contributed by atoms with Crippen molar-refractivity contribution in [2.24, 2.45) is 5.84 Å². The zero-order valence-electron chi connectivity index (χ0n) is 11.6. The summed E-state index contributed by atoms with van der Waals surface area (Å²) in [4.78, 5) is 11.4. The number of nitrogen functional groups attached to an aromatic ring is 1. The first-order valence-corrected chi connectivity index (χ1v) is 6.65. The average Bonchev–Trinajstić information content (AvgIpc) is 2.55. The molecule has 5 heteroatoms. The summed E-state index contributed by atoms with van der Waals surface area (Å²) in [6, 6.07) is 16.7. The molecule has 2 aromatic rings. The number of hydrogen-bond donors (Lipinski definition) is 2. The molecule has 2 aromatic carbocycles. The van der Waals surface area contributed by atoms with Crippen molar-refractivity contribution in [3.63, 3.8) is 0 Å². The Kier molecular flexibility index (Phi) is 5.75. The molecule has 0 saturated heterocycles. The molecule has 0 aliphatic carbocycles. The maximum atomic E-state index is 11.4. The van der Waals surface area contributed by atoms with Gasteiger partial charge in [0.1, 0.15) is 12.4 Å². The van der Waals surface area contributed by atoms with Crippen LogP contribution in [0.4, 0.5) is 0 Å². The first-order valence-electron chi connectivity index (χ1n) is 6.65. The summed E-state index contributed by atoms with van der Waals surface area (Å²) in [5.41, 5.74) is 3.53. The zero-order chi connectivity index (χ0) is 14.9. The van der Waals surface area contributed by atoms with E-state index in [4.69, 9.17) is 15.3 Å². The van der Waals surface area contributed by atoms with Gasteiger partial charge < -0.3 is 9.47 Å². The molecular formula is C16H18N2O3. The Balaban J connectivity index is 1.72. The van der Waals surface area contributed by atoms with Crippen LogP contribution in [0.2, 0.25) is 0 Å². The molecule has 0 aliphatic heterocycles. The summed E-state index contributed by atoms with van der Waals surface area (Å²) in [5.74, 6) is 5.61. The van der Waals surface area contributed by atoms with Gasteiger partial charge in [0, 0.05) is 5.56 Å². The Hall–Kier alpha value is -2.37. The third kappa shape index (κ3) is 4.91. The van der Waals surface area contributed by atoms with E-state index in [1.54, 1.807) is 18.2 Å². The van der Waals surface area contributed by atoms with E-state index >= 15 is 0 Å². The second-order valence-corrected chi connectivity index (χ2v) is 4.39. The zero-order valence-corrected chi connectivity index (χ0v) is 11.6. The molecule has 3 N–H and O–H groups in total. The van der Waals surface area contributed by atoms with E-state index in [0.717, 1.165) is 11.3 Å². The number of carbonyl (C=O) groups is 1. The molecule has 2 rings (SSSR count). The molecule has 0 aromatic heterocycles. The Morgan fingerprint density at radius 1 is 1.05 bits per heavy atom. The number of rotatable bonds is 7. The number of hydrogen-bond acceptors (Lipinski definition) is 4. The topological polar surface area (TPSA) is 73.6 Å².